The van der Waals surface area contributed by atoms with Gasteiger partial charge in [-0.2, -0.15) is 0 Å². The third-order valence-electron chi connectivity index (χ3n) is 4.19. The number of amides is 2. The van der Waals surface area contributed by atoms with Gasteiger partial charge in [-0.3, -0.25) is 9.69 Å². The monoisotopic (exact) mass is 318 g/mol. The molecule has 1 N–H and O–H groups in total. The number of carbonyl (C=O) groups excluding carboxylic acids is 2. The molecule has 0 bridgehead atoms. The molecule has 1 heterocycles. The minimum Gasteiger partial charge on any atom is -0.449 e. The smallest absolute Gasteiger partial charge is 0.410 e. The summed E-state index contributed by atoms with van der Waals surface area (Å²) in [5, 5.41) is 2.95. The number of anilines is 1. The van der Waals surface area contributed by atoms with E-state index in [0.29, 0.717) is 19.6 Å². The van der Waals surface area contributed by atoms with Crippen molar-refractivity contribution in [3.8, 4) is 0 Å². The molecule has 1 saturated heterocycles. The highest BCUT2D eigenvalue weighted by Crippen LogP contribution is 2.23. The van der Waals surface area contributed by atoms with Crippen molar-refractivity contribution in [1.82, 2.24) is 4.90 Å². The maximum absolute atomic E-state index is 12.6. The lowest BCUT2D eigenvalue weighted by molar-refractivity contribution is -0.120. The molecule has 1 aromatic rings. The van der Waals surface area contributed by atoms with E-state index in [1.165, 1.54) is 0 Å². The molecule has 5 nitrogen and oxygen atoms in total. The summed E-state index contributed by atoms with van der Waals surface area (Å²) in [4.78, 5) is 26.3. The minimum absolute atomic E-state index is 0.141. The van der Waals surface area contributed by atoms with E-state index in [1.807, 2.05) is 45.9 Å². The molecule has 0 saturated carbocycles. The van der Waals surface area contributed by atoms with E-state index < -0.39 is 12.1 Å². The number of nitrogens with zero attached hydrogens (tertiary/aromatic N) is 1. The van der Waals surface area contributed by atoms with Gasteiger partial charge in [0.05, 0.1) is 6.61 Å². The van der Waals surface area contributed by atoms with Gasteiger partial charge < -0.3 is 10.1 Å². The molecule has 23 heavy (non-hydrogen) atoms. The average molecular weight is 318 g/mol. The Labute approximate surface area is 138 Å². The van der Waals surface area contributed by atoms with E-state index in [0.717, 1.165) is 23.2 Å². The Bertz CT molecular complexity index is 584. The highest BCUT2D eigenvalue weighted by atomic mass is 16.6. The van der Waals surface area contributed by atoms with Gasteiger partial charge in [0.15, 0.2) is 0 Å². The molecule has 0 aromatic heterocycles. The van der Waals surface area contributed by atoms with Gasteiger partial charge in [-0.15, -0.1) is 0 Å². The van der Waals surface area contributed by atoms with Crippen LogP contribution in [-0.4, -0.2) is 36.1 Å². The molecule has 126 valence electrons. The second kappa shape index (κ2) is 7.49. The highest BCUT2D eigenvalue weighted by Gasteiger charge is 2.35. The van der Waals surface area contributed by atoms with Crippen LogP contribution in [0.3, 0.4) is 0 Å². The Hall–Kier alpha value is -2.04. The van der Waals surface area contributed by atoms with E-state index in [1.54, 1.807) is 4.90 Å². The largest absolute Gasteiger partial charge is 0.449 e. The lowest BCUT2D eigenvalue weighted by Gasteiger charge is -2.24. The summed E-state index contributed by atoms with van der Waals surface area (Å²) in [5.41, 5.74) is 2.98. The van der Waals surface area contributed by atoms with Gasteiger partial charge in [0.25, 0.3) is 0 Å². The van der Waals surface area contributed by atoms with Crippen LogP contribution in [-0.2, 0) is 9.53 Å². The van der Waals surface area contributed by atoms with Crippen LogP contribution in [0, 0.1) is 19.8 Å². The Morgan fingerprint density at radius 1 is 1.35 bits per heavy atom. The second-order valence-electron chi connectivity index (χ2n) is 6.56. The van der Waals surface area contributed by atoms with Crippen LogP contribution in [0.4, 0.5) is 10.5 Å². The molecule has 1 fully saturated rings. The fourth-order valence-corrected chi connectivity index (χ4v) is 2.68. The highest BCUT2D eigenvalue weighted by molar-refractivity contribution is 5.97. The van der Waals surface area contributed by atoms with Crippen molar-refractivity contribution < 1.29 is 14.3 Å². The van der Waals surface area contributed by atoms with Crippen molar-refractivity contribution >= 4 is 17.7 Å². The van der Waals surface area contributed by atoms with Crippen molar-refractivity contribution in [2.45, 2.75) is 46.6 Å². The number of rotatable bonds is 4. The molecule has 1 aliphatic heterocycles. The zero-order chi connectivity index (χ0) is 17.0. The molecule has 1 aromatic carbocycles. The molecular formula is C18H26N2O3. The zero-order valence-corrected chi connectivity index (χ0v) is 14.4. The lowest BCUT2D eigenvalue weighted by Crippen LogP contribution is -2.43. The topological polar surface area (TPSA) is 58.6 Å². The fraction of sp³-hybridized carbons (Fsp3) is 0.556. The quantitative estimate of drug-likeness (QED) is 0.924. The van der Waals surface area contributed by atoms with Crippen LogP contribution < -0.4 is 5.32 Å². The van der Waals surface area contributed by atoms with Gasteiger partial charge in [-0.25, -0.2) is 4.79 Å². The second-order valence-corrected chi connectivity index (χ2v) is 6.56. The Balaban J connectivity index is 2.03. The molecule has 1 unspecified atom stereocenters. The number of hydrogen-bond donors (Lipinski definition) is 1. The van der Waals surface area contributed by atoms with Gasteiger partial charge in [-0.05, 0) is 49.8 Å². The van der Waals surface area contributed by atoms with Crippen LogP contribution in [0.5, 0.6) is 0 Å². The SMILES string of the molecule is Cc1cccc(NC(=O)C2CCCN2C(=O)OCC(C)C)c1C. The molecule has 0 aliphatic carbocycles. The van der Waals surface area contributed by atoms with Crippen molar-refractivity contribution in [2.24, 2.45) is 5.92 Å². The summed E-state index contributed by atoms with van der Waals surface area (Å²) in [7, 11) is 0. The normalized spacial score (nSPS) is 17.4. The average Bonchev–Trinajstić information content (AvgIpc) is 2.99. The molecule has 0 radical (unpaired) electrons. The van der Waals surface area contributed by atoms with Crippen LogP contribution >= 0.6 is 0 Å². The Morgan fingerprint density at radius 2 is 2.09 bits per heavy atom. The molecule has 0 spiro atoms. The lowest BCUT2D eigenvalue weighted by atomic mass is 10.1. The first kappa shape index (κ1) is 17.3. The predicted molar refractivity (Wildman–Crippen MR) is 90.5 cm³/mol. The summed E-state index contributed by atoms with van der Waals surface area (Å²) < 4.78 is 5.27. The summed E-state index contributed by atoms with van der Waals surface area (Å²) in [6.07, 6.45) is 1.10. The van der Waals surface area contributed by atoms with Gasteiger partial charge >= 0.3 is 6.09 Å². The van der Waals surface area contributed by atoms with E-state index in [-0.39, 0.29) is 11.8 Å². The summed E-state index contributed by atoms with van der Waals surface area (Å²) in [6, 6.07) is 5.36. The number of ether oxygens (including phenoxy) is 1. The molecule has 2 amide bonds. The predicted octanol–water partition coefficient (Wildman–Crippen LogP) is 3.50. The maximum atomic E-state index is 12.6. The summed E-state index contributed by atoms with van der Waals surface area (Å²) in [6.45, 7) is 8.91. The van der Waals surface area contributed by atoms with Gasteiger partial charge in [0.1, 0.15) is 6.04 Å². The van der Waals surface area contributed by atoms with Gasteiger partial charge in [-0.1, -0.05) is 26.0 Å². The van der Waals surface area contributed by atoms with Gasteiger partial charge in [0, 0.05) is 12.2 Å². The fourth-order valence-electron chi connectivity index (χ4n) is 2.68. The molecule has 1 atom stereocenters. The van der Waals surface area contributed by atoms with E-state index in [9.17, 15) is 9.59 Å². The van der Waals surface area contributed by atoms with Crippen molar-refractivity contribution in [1.29, 1.82) is 0 Å². The van der Waals surface area contributed by atoms with Crippen LogP contribution in [0.1, 0.15) is 37.8 Å². The van der Waals surface area contributed by atoms with Crippen LogP contribution in [0.25, 0.3) is 0 Å². The molecule has 5 heteroatoms. The van der Waals surface area contributed by atoms with Crippen molar-refractivity contribution in [2.75, 3.05) is 18.5 Å². The summed E-state index contributed by atoms with van der Waals surface area (Å²) in [5.74, 6) is 0.140. The first-order valence-electron chi connectivity index (χ1n) is 8.20. The molecular weight excluding hydrogens is 292 g/mol. The van der Waals surface area contributed by atoms with Crippen LogP contribution in [0.15, 0.2) is 18.2 Å². The number of benzene rings is 1. The maximum Gasteiger partial charge on any atom is 0.410 e. The van der Waals surface area contributed by atoms with Gasteiger partial charge in [0.2, 0.25) is 5.91 Å². The Kier molecular flexibility index (Phi) is 5.64. The Morgan fingerprint density at radius 3 is 2.78 bits per heavy atom. The van der Waals surface area contributed by atoms with Crippen LogP contribution in [0.2, 0.25) is 0 Å². The van der Waals surface area contributed by atoms with Crippen molar-refractivity contribution in [3.05, 3.63) is 29.3 Å². The third kappa shape index (κ3) is 4.24. The first-order valence-corrected chi connectivity index (χ1v) is 8.20. The summed E-state index contributed by atoms with van der Waals surface area (Å²) >= 11 is 0. The number of carbonyl (C=O) groups is 2. The number of hydrogen-bond acceptors (Lipinski definition) is 3. The minimum atomic E-state index is -0.449. The van der Waals surface area contributed by atoms with E-state index >= 15 is 0 Å². The van der Waals surface area contributed by atoms with E-state index in [2.05, 4.69) is 5.32 Å². The zero-order valence-electron chi connectivity index (χ0n) is 14.4. The third-order valence-corrected chi connectivity index (χ3v) is 4.19. The van der Waals surface area contributed by atoms with E-state index in [4.69, 9.17) is 4.74 Å². The number of nitrogens with one attached hydrogen (secondary N) is 1. The standard InChI is InChI=1S/C18H26N2O3/c1-12(2)11-23-18(22)20-10-6-9-16(20)17(21)19-15-8-5-7-13(3)14(15)4/h5,7-8,12,16H,6,9-11H2,1-4H3,(H,19,21). The molecule has 2 rings (SSSR count). The number of aryl methyl sites for hydroxylation is 1. The first-order chi connectivity index (χ1) is 10.9. The molecule has 1 aliphatic rings. The van der Waals surface area contributed by atoms with Crippen molar-refractivity contribution in [3.63, 3.8) is 0 Å². The number of likely N-dealkylation sites (tertiary alicyclic amines) is 1.